The molecule has 0 unspecified atom stereocenters. The van der Waals surface area contributed by atoms with Gasteiger partial charge in [-0.25, -0.2) is 14.8 Å². The predicted octanol–water partition coefficient (Wildman–Crippen LogP) is 0.0588. The zero-order valence-electron chi connectivity index (χ0n) is 6.06. The largest absolute Gasteiger partial charge is 0.465 e. The summed E-state index contributed by atoms with van der Waals surface area (Å²) in [6, 6.07) is 1.40. The molecule has 1 aromatic heterocycles. The van der Waals surface area contributed by atoms with Crippen LogP contribution < -0.4 is 5.32 Å². The predicted molar refractivity (Wildman–Crippen MR) is 39.6 cm³/mol. The molecule has 0 fully saturated rings. The van der Waals surface area contributed by atoms with Crippen molar-refractivity contribution in [3.63, 3.8) is 0 Å². The lowest BCUT2D eigenvalue weighted by molar-refractivity contribution is 0.209. The molecule has 1 heterocycles. The Bertz CT molecular complexity index is 289. The van der Waals surface area contributed by atoms with Crippen LogP contribution in [0.4, 0.5) is 10.6 Å². The number of carbonyl (C=O) groups is 1. The third kappa shape index (κ3) is 2.17. The van der Waals surface area contributed by atoms with E-state index >= 15 is 0 Å². The minimum Gasteiger partial charge on any atom is -0.465 e. The molecule has 12 heavy (non-hydrogen) atoms. The number of carboxylic acid groups (broad SMARTS) is 1. The molecule has 1 amide bonds. The van der Waals surface area contributed by atoms with Crippen LogP contribution in [0.15, 0.2) is 12.3 Å². The number of nitrogens with one attached hydrogen (secondary N) is 1. The summed E-state index contributed by atoms with van der Waals surface area (Å²) < 4.78 is 0. The van der Waals surface area contributed by atoms with Gasteiger partial charge in [-0.2, -0.15) is 0 Å². The van der Waals surface area contributed by atoms with Crippen molar-refractivity contribution in [3.05, 3.63) is 18.1 Å². The standard InChI is InChI=1S/C6H7N3O3/c10-3-5-7-2-1-4(8-5)9-6(11)12/h1-2,10H,3H2,(H,11,12)(H,7,8,9). The molecule has 6 nitrogen and oxygen atoms in total. The zero-order chi connectivity index (χ0) is 8.97. The molecule has 0 saturated carbocycles. The first-order chi connectivity index (χ1) is 5.72. The van der Waals surface area contributed by atoms with E-state index in [2.05, 4.69) is 9.97 Å². The Kier molecular flexibility index (Phi) is 2.54. The summed E-state index contributed by atoms with van der Waals surface area (Å²) >= 11 is 0. The summed E-state index contributed by atoms with van der Waals surface area (Å²) in [6.07, 6.45) is 0.168. The van der Waals surface area contributed by atoms with E-state index in [4.69, 9.17) is 10.2 Å². The fraction of sp³-hybridized carbons (Fsp3) is 0.167. The minimum absolute atomic E-state index is 0.154. The summed E-state index contributed by atoms with van der Waals surface area (Å²) in [6.45, 7) is -0.310. The smallest absolute Gasteiger partial charge is 0.410 e. The maximum Gasteiger partial charge on any atom is 0.410 e. The quantitative estimate of drug-likeness (QED) is 0.581. The lowest BCUT2D eigenvalue weighted by Crippen LogP contribution is -2.10. The van der Waals surface area contributed by atoms with E-state index in [0.717, 1.165) is 0 Å². The minimum atomic E-state index is -1.20. The van der Waals surface area contributed by atoms with Crippen molar-refractivity contribution < 1.29 is 15.0 Å². The van der Waals surface area contributed by atoms with Gasteiger partial charge in [-0.05, 0) is 6.07 Å². The van der Waals surface area contributed by atoms with Crippen molar-refractivity contribution >= 4 is 11.9 Å². The van der Waals surface area contributed by atoms with Gasteiger partial charge in [-0.1, -0.05) is 0 Å². The molecule has 0 atom stereocenters. The Hall–Kier alpha value is -1.69. The molecule has 0 saturated heterocycles. The van der Waals surface area contributed by atoms with Crippen LogP contribution in [0, 0.1) is 0 Å². The van der Waals surface area contributed by atoms with Crippen molar-refractivity contribution in [1.29, 1.82) is 0 Å². The number of nitrogens with zero attached hydrogens (tertiary/aromatic N) is 2. The van der Waals surface area contributed by atoms with Crippen LogP contribution in [0.2, 0.25) is 0 Å². The molecule has 0 aliphatic rings. The fourth-order valence-corrected chi connectivity index (χ4v) is 0.654. The Morgan fingerprint density at radius 1 is 1.67 bits per heavy atom. The van der Waals surface area contributed by atoms with Gasteiger partial charge >= 0.3 is 6.09 Å². The number of aliphatic hydroxyl groups is 1. The molecular weight excluding hydrogens is 162 g/mol. The number of amides is 1. The average Bonchev–Trinajstić information content (AvgIpc) is 2.03. The van der Waals surface area contributed by atoms with Crippen LogP contribution in [0.5, 0.6) is 0 Å². The highest BCUT2D eigenvalue weighted by Gasteiger charge is 2.00. The normalized spacial score (nSPS) is 9.42. The molecule has 0 spiro atoms. The van der Waals surface area contributed by atoms with Crippen molar-refractivity contribution in [3.8, 4) is 0 Å². The second kappa shape index (κ2) is 3.63. The Morgan fingerprint density at radius 3 is 3.00 bits per heavy atom. The summed E-state index contributed by atoms with van der Waals surface area (Å²) in [7, 11) is 0. The molecule has 1 rings (SSSR count). The van der Waals surface area contributed by atoms with Gasteiger partial charge in [0.05, 0.1) is 0 Å². The molecule has 0 radical (unpaired) electrons. The van der Waals surface area contributed by atoms with Gasteiger partial charge in [-0.3, -0.25) is 5.32 Å². The van der Waals surface area contributed by atoms with E-state index in [1.807, 2.05) is 5.32 Å². The highest BCUT2D eigenvalue weighted by Crippen LogP contribution is 2.00. The van der Waals surface area contributed by atoms with Gasteiger partial charge in [0.15, 0.2) is 5.82 Å². The van der Waals surface area contributed by atoms with Crippen molar-refractivity contribution in [1.82, 2.24) is 9.97 Å². The van der Waals surface area contributed by atoms with E-state index in [0.29, 0.717) is 0 Å². The van der Waals surface area contributed by atoms with E-state index in [1.54, 1.807) is 0 Å². The highest BCUT2D eigenvalue weighted by atomic mass is 16.4. The van der Waals surface area contributed by atoms with Crippen LogP contribution in [0.3, 0.4) is 0 Å². The fourth-order valence-electron chi connectivity index (χ4n) is 0.654. The van der Waals surface area contributed by atoms with Crippen LogP contribution in [0.25, 0.3) is 0 Å². The first kappa shape index (κ1) is 8.41. The third-order valence-corrected chi connectivity index (χ3v) is 1.08. The second-order valence-corrected chi connectivity index (χ2v) is 1.95. The second-order valence-electron chi connectivity index (χ2n) is 1.95. The topological polar surface area (TPSA) is 95.3 Å². The molecule has 0 aliphatic heterocycles. The Morgan fingerprint density at radius 2 is 2.42 bits per heavy atom. The van der Waals surface area contributed by atoms with Crippen LogP contribution >= 0.6 is 0 Å². The molecule has 0 bridgehead atoms. The first-order valence-electron chi connectivity index (χ1n) is 3.15. The number of aliphatic hydroxyl groups excluding tert-OH is 1. The summed E-state index contributed by atoms with van der Waals surface area (Å²) in [4.78, 5) is 17.5. The molecule has 1 aromatic rings. The number of hydrogen-bond donors (Lipinski definition) is 3. The van der Waals surface area contributed by atoms with Gasteiger partial charge < -0.3 is 10.2 Å². The van der Waals surface area contributed by atoms with Crippen LogP contribution in [-0.4, -0.2) is 26.3 Å². The summed E-state index contributed by atoms with van der Waals surface area (Å²) in [5.41, 5.74) is 0. The van der Waals surface area contributed by atoms with Crippen LogP contribution in [0.1, 0.15) is 5.82 Å². The number of anilines is 1. The lowest BCUT2D eigenvalue weighted by Gasteiger charge is -1.99. The molecule has 0 aromatic carbocycles. The third-order valence-electron chi connectivity index (χ3n) is 1.08. The summed E-state index contributed by atoms with van der Waals surface area (Å²) in [5.74, 6) is 0.336. The van der Waals surface area contributed by atoms with Gasteiger partial charge in [-0.15, -0.1) is 0 Å². The molecule has 6 heteroatoms. The van der Waals surface area contributed by atoms with Gasteiger partial charge in [0, 0.05) is 6.20 Å². The Balaban J connectivity index is 2.79. The van der Waals surface area contributed by atoms with Crippen molar-refractivity contribution in [2.24, 2.45) is 0 Å². The summed E-state index contributed by atoms with van der Waals surface area (Å²) in [5, 5.41) is 18.9. The van der Waals surface area contributed by atoms with Gasteiger partial charge in [0.2, 0.25) is 0 Å². The molecule has 3 N–H and O–H groups in total. The lowest BCUT2D eigenvalue weighted by atomic mass is 10.5. The monoisotopic (exact) mass is 169 g/mol. The van der Waals surface area contributed by atoms with E-state index in [1.165, 1.54) is 12.3 Å². The maximum absolute atomic E-state index is 10.1. The molecular formula is C6H7N3O3. The molecule has 64 valence electrons. The van der Waals surface area contributed by atoms with Crippen LogP contribution in [-0.2, 0) is 6.61 Å². The number of hydrogen-bond acceptors (Lipinski definition) is 4. The van der Waals surface area contributed by atoms with E-state index in [9.17, 15) is 4.79 Å². The maximum atomic E-state index is 10.1. The SMILES string of the molecule is O=C(O)Nc1ccnc(CO)n1. The first-order valence-corrected chi connectivity index (χ1v) is 3.15. The average molecular weight is 169 g/mol. The highest BCUT2D eigenvalue weighted by molar-refractivity contribution is 5.81. The zero-order valence-corrected chi connectivity index (χ0v) is 6.06. The number of rotatable bonds is 2. The van der Waals surface area contributed by atoms with Crippen molar-refractivity contribution in [2.75, 3.05) is 5.32 Å². The number of aromatic nitrogens is 2. The Labute approximate surface area is 67.9 Å². The molecule has 0 aliphatic carbocycles. The van der Waals surface area contributed by atoms with E-state index < -0.39 is 6.09 Å². The van der Waals surface area contributed by atoms with Gasteiger partial charge in [0.1, 0.15) is 12.4 Å². The van der Waals surface area contributed by atoms with E-state index in [-0.39, 0.29) is 18.2 Å². The van der Waals surface area contributed by atoms with Crippen molar-refractivity contribution in [2.45, 2.75) is 6.61 Å². The van der Waals surface area contributed by atoms with Gasteiger partial charge in [0.25, 0.3) is 0 Å².